The normalized spacial score (nSPS) is 26.2. The highest BCUT2D eigenvalue weighted by Gasteiger charge is 2.34. The van der Waals surface area contributed by atoms with Crippen molar-refractivity contribution in [2.45, 2.75) is 13.0 Å². The van der Waals surface area contributed by atoms with E-state index in [4.69, 9.17) is 4.74 Å². The van der Waals surface area contributed by atoms with Gasteiger partial charge in [0.25, 0.3) is 0 Å². The zero-order chi connectivity index (χ0) is 18.5. The Balaban J connectivity index is 1.61. The van der Waals surface area contributed by atoms with Gasteiger partial charge in [0.2, 0.25) is 0 Å². The third-order valence-corrected chi connectivity index (χ3v) is 5.83. The fourth-order valence-electron chi connectivity index (χ4n) is 4.30. The van der Waals surface area contributed by atoms with Crippen LogP contribution < -0.4 is 4.74 Å². The molecule has 1 N–H and O–H groups in total. The van der Waals surface area contributed by atoms with E-state index in [1.165, 1.54) is 12.5 Å². The second-order valence-corrected chi connectivity index (χ2v) is 7.81. The number of rotatable bonds is 6. The predicted molar refractivity (Wildman–Crippen MR) is 101 cm³/mol. The molecule has 5 nitrogen and oxygen atoms in total. The average molecular weight is 365 g/mol. The van der Waals surface area contributed by atoms with Gasteiger partial charge < -0.3 is 19.6 Å². The standard InChI is InChI=1S/C20H32FN3O2/c1-22-6-3-7-23(9-8-22)12-17-13-24(14-18(17)15-25)11-16-10-19(21)4-5-20(16)26-2/h4-5,10,17-18,25H,3,6-9,11-15H2,1-2H3/t17-,18-/m1/s1. The summed E-state index contributed by atoms with van der Waals surface area (Å²) in [4.78, 5) is 7.26. The molecule has 0 unspecified atom stereocenters. The summed E-state index contributed by atoms with van der Waals surface area (Å²) in [6, 6.07) is 4.68. The van der Waals surface area contributed by atoms with E-state index < -0.39 is 0 Å². The van der Waals surface area contributed by atoms with E-state index in [0.29, 0.717) is 12.5 Å². The van der Waals surface area contributed by atoms with Crippen LogP contribution in [-0.4, -0.2) is 86.4 Å². The molecular formula is C20H32FN3O2. The lowest BCUT2D eigenvalue weighted by molar-refractivity contribution is 0.165. The van der Waals surface area contributed by atoms with Crippen LogP contribution in [0.1, 0.15) is 12.0 Å². The van der Waals surface area contributed by atoms with Crippen molar-refractivity contribution in [2.24, 2.45) is 11.8 Å². The molecule has 2 atom stereocenters. The van der Waals surface area contributed by atoms with Crippen LogP contribution in [0.3, 0.4) is 0 Å². The largest absolute Gasteiger partial charge is 0.496 e. The number of aliphatic hydroxyl groups excluding tert-OH is 1. The predicted octanol–water partition coefficient (Wildman–Crippen LogP) is 1.51. The monoisotopic (exact) mass is 365 g/mol. The maximum atomic E-state index is 13.6. The first-order valence-corrected chi connectivity index (χ1v) is 9.65. The summed E-state index contributed by atoms with van der Waals surface area (Å²) >= 11 is 0. The van der Waals surface area contributed by atoms with Crippen molar-refractivity contribution >= 4 is 0 Å². The Morgan fingerprint density at radius 3 is 2.69 bits per heavy atom. The van der Waals surface area contributed by atoms with Crippen LogP contribution in [0.25, 0.3) is 0 Å². The molecule has 2 aliphatic heterocycles. The average Bonchev–Trinajstić information content (AvgIpc) is 2.88. The molecule has 0 bridgehead atoms. The molecule has 1 aromatic carbocycles. The zero-order valence-corrected chi connectivity index (χ0v) is 16.0. The molecule has 6 heteroatoms. The van der Waals surface area contributed by atoms with Crippen molar-refractivity contribution in [3.8, 4) is 5.75 Å². The van der Waals surface area contributed by atoms with Gasteiger partial charge in [-0.25, -0.2) is 4.39 Å². The first-order valence-electron chi connectivity index (χ1n) is 9.65. The molecule has 2 heterocycles. The lowest BCUT2D eigenvalue weighted by atomic mass is 9.96. The minimum atomic E-state index is -0.232. The van der Waals surface area contributed by atoms with E-state index in [0.717, 1.165) is 57.1 Å². The molecule has 1 aromatic rings. The number of aliphatic hydroxyl groups is 1. The summed E-state index contributed by atoms with van der Waals surface area (Å²) in [6.07, 6.45) is 1.21. The summed E-state index contributed by atoms with van der Waals surface area (Å²) in [6.45, 7) is 8.23. The van der Waals surface area contributed by atoms with Crippen molar-refractivity contribution in [1.29, 1.82) is 0 Å². The van der Waals surface area contributed by atoms with E-state index in [1.807, 2.05) is 0 Å². The van der Waals surface area contributed by atoms with Gasteiger partial charge in [0.1, 0.15) is 11.6 Å². The van der Waals surface area contributed by atoms with Crippen LogP contribution in [0.2, 0.25) is 0 Å². The Kier molecular flexibility index (Phi) is 6.86. The van der Waals surface area contributed by atoms with Gasteiger partial charge in [-0.3, -0.25) is 4.90 Å². The number of benzene rings is 1. The van der Waals surface area contributed by atoms with Gasteiger partial charge in [0, 0.05) is 51.4 Å². The molecule has 26 heavy (non-hydrogen) atoms. The Labute approximate surface area is 156 Å². The van der Waals surface area contributed by atoms with Gasteiger partial charge in [0.15, 0.2) is 0 Å². The molecule has 0 aliphatic carbocycles. The van der Waals surface area contributed by atoms with E-state index in [9.17, 15) is 9.50 Å². The Morgan fingerprint density at radius 1 is 1.12 bits per heavy atom. The fraction of sp³-hybridized carbons (Fsp3) is 0.700. The molecule has 0 radical (unpaired) electrons. The number of halogens is 1. The van der Waals surface area contributed by atoms with Gasteiger partial charge in [-0.05, 0) is 56.6 Å². The van der Waals surface area contributed by atoms with Crippen molar-refractivity contribution < 1.29 is 14.2 Å². The zero-order valence-electron chi connectivity index (χ0n) is 16.0. The maximum absolute atomic E-state index is 13.6. The fourth-order valence-corrected chi connectivity index (χ4v) is 4.30. The first-order chi connectivity index (χ1) is 12.6. The summed E-state index contributed by atoms with van der Waals surface area (Å²) in [5.41, 5.74) is 0.876. The van der Waals surface area contributed by atoms with Gasteiger partial charge in [0.05, 0.1) is 7.11 Å². The Hall–Kier alpha value is -1.21. The Morgan fingerprint density at radius 2 is 1.92 bits per heavy atom. The van der Waals surface area contributed by atoms with E-state index in [-0.39, 0.29) is 18.3 Å². The Bertz CT molecular complexity index is 586. The lowest BCUT2D eigenvalue weighted by Crippen LogP contribution is -2.36. The van der Waals surface area contributed by atoms with Crippen molar-refractivity contribution in [3.63, 3.8) is 0 Å². The topological polar surface area (TPSA) is 39.2 Å². The lowest BCUT2D eigenvalue weighted by Gasteiger charge is -2.26. The third kappa shape index (κ3) is 4.94. The molecule has 2 saturated heterocycles. The summed E-state index contributed by atoms with van der Waals surface area (Å²) in [5, 5.41) is 9.85. The van der Waals surface area contributed by atoms with E-state index >= 15 is 0 Å². The molecule has 0 saturated carbocycles. The van der Waals surface area contributed by atoms with Crippen LogP contribution >= 0.6 is 0 Å². The summed E-state index contributed by atoms with van der Waals surface area (Å²) < 4.78 is 19.0. The molecule has 0 aromatic heterocycles. The third-order valence-electron chi connectivity index (χ3n) is 5.83. The van der Waals surface area contributed by atoms with Gasteiger partial charge in [-0.2, -0.15) is 0 Å². The van der Waals surface area contributed by atoms with Crippen molar-refractivity contribution in [3.05, 3.63) is 29.6 Å². The highest BCUT2D eigenvalue weighted by Crippen LogP contribution is 2.28. The van der Waals surface area contributed by atoms with Gasteiger partial charge in [-0.15, -0.1) is 0 Å². The highest BCUT2D eigenvalue weighted by atomic mass is 19.1. The van der Waals surface area contributed by atoms with Crippen LogP contribution in [0.15, 0.2) is 18.2 Å². The molecule has 3 rings (SSSR count). The second-order valence-electron chi connectivity index (χ2n) is 7.81. The van der Waals surface area contributed by atoms with Gasteiger partial charge >= 0.3 is 0 Å². The molecule has 2 fully saturated rings. The number of likely N-dealkylation sites (tertiary alicyclic amines) is 1. The van der Waals surface area contributed by atoms with Crippen LogP contribution in [0, 0.1) is 17.7 Å². The summed E-state index contributed by atoms with van der Waals surface area (Å²) in [5.74, 6) is 1.24. The number of hydrogen-bond donors (Lipinski definition) is 1. The van der Waals surface area contributed by atoms with Gasteiger partial charge in [-0.1, -0.05) is 0 Å². The van der Waals surface area contributed by atoms with Crippen LogP contribution in [0.4, 0.5) is 4.39 Å². The minimum Gasteiger partial charge on any atom is -0.496 e. The molecule has 146 valence electrons. The van der Waals surface area contributed by atoms with Crippen LogP contribution in [0.5, 0.6) is 5.75 Å². The number of methoxy groups -OCH3 is 1. The smallest absolute Gasteiger partial charge is 0.123 e. The van der Waals surface area contributed by atoms with E-state index in [1.54, 1.807) is 19.2 Å². The highest BCUT2D eigenvalue weighted by molar-refractivity contribution is 5.34. The quantitative estimate of drug-likeness (QED) is 0.828. The summed E-state index contributed by atoms with van der Waals surface area (Å²) in [7, 11) is 3.81. The number of nitrogens with zero attached hydrogens (tertiary/aromatic N) is 3. The molecule has 0 spiro atoms. The maximum Gasteiger partial charge on any atom is 0.123 e. The van der Waals surface area contributed by atoms with Crippen LogP contribution in [-0.2, 0) is 6.54 Å². The number of hydrogen-bond acceptors (Lipinski definition) is 5. The second kappa shape index (κ2) is 9.13. The van der Waals surface area contributed by atoms with E-state index in [2.05, 4.69) is 21.7 Å². The molecular weight excluding hydrogens is 333 g/mol. The SMILES string of the molecule is COc1ccc(F)cc1CN1C[C@@H](CN2CCCN(C)CC2)[C@@H](CO)C1. The van der Waals surface area contributed by atoms with Crippen molar-refractivity contribution in [2.75, 3.05) is 66.6 Å². The van der Waals surface area contributed by atoms with Crippen molar-refractivity contribution in [1.82, 2.24) is 14.7 Å². The minimum absolute atomic E-state index is 0.217. The molecule has 2 aliphatic rings. The molecule has 0 amide bonds. The number of likely N-dealkylation sites (N-methyl/N-ethyl adjacent to an activating group) is 1. The first kappa shape index (κ1) is 19.5. The number of ether oxygens (including phenoxy) is 1.